The van der Waals surface area contributed by atoms with Crippen molar-refractivity contribution < 1.29 is 0 Å². The molecule has 1 N–H and O–H groups in total. The van der Waals surface area contributed by atoms with E-state index in [2.05, 4.69) is 31.0 Å². The third kappa shape index (κ3) is 1.40. The van der Waals surface area contributed by atoms with E-state index in [1.54, 1.807) is 5.57 Å². The van der Waals surface area contributed by atoms with E-state index >= 15 is 0 Å². The molecule has 0 spiro atoms. The fraction of sp³-hybridized carbons (Fsp3) is 0.538. The van der Waals surface area contributed by atoms with Gasteiger partial charge in [0.05, 0.1) is 0 Å². The van der Waals surface area contributed by atoms with Crippen LogP contribution in [0.3, 0.4) is 0 Å². The van der Waals surface area contributed by atoms with Gasteiger partial charge >= 0.3 is 0 Å². The molecule has 1 nitrogen and oxygen atoms in total. The van der Waals surface area contributed by atoms with Crippen molar-refractivity contribution in [3.63, 3.8) is 0 Å². The van der Waals surface area contributed by atoms with Gasteiger partial charge in [0.2, 0.25) is 0 Å². The molecule has 3 aliphatic rings. The van der Waals surface area contributed by atoms with Crippen LogP contribution in [0.5, 0.6) is 0 Å². The Morgan fingerprint density at radius 3 is 3.20 bits per heavy atom. The van der Waals surface area contributed by atoms with E-state index in [1.165, 1.54) is 30.4 Å². The first kappa shape index (κ1) is 9.66. The summed E-state index contributed by atoms with van der Waals surface area (Å²) in [4.78, 5) is 0. The molecule has 2 heterocycles. The summed E-state index contributed by atoms with van der Waals surface area (Å²) >= 11 is 0. The van der Waals surface area contributed by atoms with Crippen LogP contribution in [-0.4, -0.2) is 11.8 Å². The summed E-state index contributed by atoms with van der Waals surface area (Å²) < 4.78 is 0. The van der Waals surface area contributed by atoms with Crippen LogP contribution in [0, 0.1) is 11.8 Å². The Morgan fingerprint density at radius 1 is 1.47 bits per heavy atom. The highest BCUT2D eigenvalue weighted by molar-refractivity contribution is 7.39. The van der Waals surface area contributed by atoms with Gasteiger partial charge < -0.3 is 5.32 Å². The minimum absolute atomic E-state index is 0.729. The lowest BCUT2D eigenvalue weighted by Gasteiger charge is -2.29. The summed E-state index contributed by atoms with van der Waals surface area (Å²) in [6, 6.07) is 0. The largest absolute Gasteiger partial charge is 0.362 e. The van der Waals surface area contributed by atoms with E-state index in [4.69, 9.17) is 0 Å². The van der Waals surface area contributed by atoms with Gasteiger partial charge in [-0.25, -0.2) is 0 Å². The first-order valence-electron chi connectivity index (χ1n) is 5.85. The fourth-order valence-corrected chi connectivity index (χ4v) is 4.91. The average Bonchev–Trinajstić information content (AvgIpc) is 2.44. The van der Waals surface area contributed by atoms with E-state index in [9.17, 15) is 0 Å². The Morgan fingerprint density at radius 2 is 2.33 bits per heavy atom. The minimum atomic E-state index is 0.729. The van der Waals surface area contributed by atoms with Gasteiger partial charge in [-0.3, -0.25) is 0 Å². The highest BCUT2D eigenvalue weighted by atomic mass is 31.1. The molecule has 0 aromatic heterocycles. The van der Waals surface area contributed by atoms with E-state index in [1.807, 2.05) is 0 Å². The quantitative estimate of drug-likeness (QED) is 0.617. The number of rotatable bonds is 0. The summed E-state index contributed by atoms with van der Waals surface area (Å²) in [6.07, 6.45) is 8.76. The molecular formula is C13H18NP. The zero-order chi connectivity index (χ0) is 10.4. The molecule has 2 unspecified atom stereocenters. The first-order chi connectivity index (χ1) is 7.27. The SMILES string of the molecule is C=C1NC2=CC=C(C)[C@@H]3CCCPC1[C@H]23. The highest BCUT2D eigenvalue weighted by Crippen LogP contribution is 2.50. The van der Waals surface area contributed by atoms with Gasteiger partial charge in [-0.2, -0.15) is 0 Å². The van der Waals surface area contributed by atoms with Crippen molar-refractivity contribution in [3.05, 3.63) is 35.7 Å². The second kappa shape index (κ2) is 3.49. The molecular weight excluding hydrogens is 201 g/mol. The number of nitrogens with one attached hydrogen (secondary N) is 1. The lowest BCUT2D eigenvalue weighted by molar-refractivity contribution is 0.426. The lowest BCUT2D eigenvalue weighted by Crippen LogP contribution is -2.23. The van der Waals surface area contributed by atoms with Crippen LogP contribution < -0.4 is 5.32 Å². The molecule has 15 heavy (non-hydrogen) atoms. The van der Waals surface area contributed by atoms with Gasteiger partial charge in [-0.1, -0.05) is 18.2 Å². The Kier molecular flexibility index (Phi) is 2.25. The summed E-state index contributed by atoms with van der Waals surface area (Å²) in [5.74, 6) is 1.53. The van der Waals surface area contributed by atoms with Crippen LogP contribution in [0.15, 0.2) is 35.7 Å². The van der Waals surface area contributed by atoms with Crippen LogP contribution >= 0.6 is 8.58 Å². The molecule has 2 heteroatoms. The number of allylic oxidation sites excluding steroid dienone is 5. The maximum atomic E-state index is 4.20. The van der Waals surface area contributed by atoms with Crippen molar-refractivity contribution in [2.45, 2.75) is 25.4 Å². The van der Waals surface area contributed by atoms with Crippen LogP contribution in [0.1, 0.15) is 19.8 Å². The summed E-state index contributed by atoms with van der Waals surface area (Å²) in [5.41, 5.74) is 5.03. The maximum Gasteiger partial charge on any atom is 0.0247 e. The van der Waals surface area contributed by atoms with E-state index in [0.717, 1.165) is 26.1 Å². The molecule has 3 rings (SSSR count). The normalized spacial score (nSPS) is 40.3. The maximum absolute atomic E-state index is 4.20. The topological polar surface area (TPSA) is 12.0 Å². The van der Waals surface area contributed by atoms with Gasteiger partial charge in [0.25, 0.3) is 0 Å². The molecule has 0 radical (unpaired) electrons. The minimum Gasteiger partial charge on any atom is -0.362 e. The highest BCUT2D eigenvalue weighted by Gasteiger charge is 2.42. The van der Waals surface area contributed by atoms with Crippen molar-refractivity contribution in [1.29, 1.82) is 0 Å². The number of hydrogen-bond donors (Lipinski definition) is 1. The van der Waals surface area contributed by atoms with E-state index < -0.39 is 0 Å². The van der Waals surface area contributed by atoms with Crippen molar-refractivity contribution in [2.24, 2.45) is 11.8 Å². The summed E-state index contributed by atoms with van der Waals surface area (Å²) in [7, 11) is 1.08. The molecule has 0 bridgehead atoms. The Labute approximate surface area is 93.5 Å². The molecule has 4 atom stereocenters. The molecule has 0 aromatic rings. The monoisotopic (exact) mass is 219 g/mol. The first-order valence-corrected chi connectivity index (χ1v) is 7.13. The molecule has 2 aliphatic heterocycles. The van der Waals surface area contributed by atoms with Gasteiger partial charge in [0.1, 0.15) is 0 Å². The van der Waals surface area contributed by atoms with Gasteiger partial charge in [-0.05, 0) is 37.9 Å². The van der Waals surface area contributed by atoms with Crippen LogP contribution in [-0.2, 0) is 0 Å². The lowest BCUT2D eigenvalue weighted by atomic mass is 9.78. The van der Waals surface area contributed by atoms with Crippen LogP contribution in [0.2, 0.25) is 0 Å². The zero-order valence-electron chi connectivity index (χ0n) is 9.22. The van der Waals surface area contributed by atoms with E-state index in [-0.39, 0.29) is 0 Å². The second-order valence-electron chi connectivity index (χ2n) is 4.89. The Hall–Kier alpha value is -0.550. The van der Waals surface area contributed by atoms with Gasteiger partial charge in [0, 0.05) is 23.0 Å². The molecule has 0 saturated carbocycles. The molecule has 0 amide bonds. The van der Waals surface area contributed by atoms with E-state index in [0.29, 0.717) is 0 Å². The standard InChI is InChI=1S/C13H18NP/c1-8-5-6-11-12-10(8)4-3-7-15-13(12)9(2)14-11/h5-6,10,12-15H,2-4,7H2,1H3/t10-,12-,13?/m0/s1. The van der Waals surface area contributed by atoms with Crippen molar-refractivity contribution >= 4 is 8.58 Å². The summed E-state index contributed by atoms with van der Waals surface area (Å²) in [5, 5.41) is 3.50. The second-order valence-corrected chi connectivity index (χ2v) is 6.42. The zero-order valence-corrected chi connectivity index (χ0v) is 10.2. The predicted octanol–water partition coefficient (Wildman–Crippen LogP) is 3.02. The molecule has 2 saturated heterocycles. The number of hydrogen-bond acceptors (Lipinski definition) is 1. The molecule has 2 fully saturated rings. The molecule has 0 aromatic carbocycles. The Bertz CT molecular complexity index is 367. The molecule has 1 aliphatic carbocycles. The van der Waals surface area contributed by atoms with Crippen LogP contribution in [0.25, 0.3) is 0 Å². The third-order valence-corrected chi connectivity index (χ3v) is 5.79. The van der Waals surface area contributed by atoms with Gasteiger partial charge in [-0.15, -0.1) is 8.58 Å². The summed E-state index contributed by atoms with van der Waals surface area (Å²) in [6.45, 7) is 6.49. The Balaban J connectivity index is 2.03. The smallest absolute Gasteiger partial charge is 0.0247 e. The third-order valence-electron chi connectivity index (χ3n) is 4.00. The average molecular weight is 219 g/mol. The van der Waals surface area contributed by atoms with Crippen LogP contribution in [0.4, 0.5) is 0 Å². The predicted molar refractivity (Wildman–Crippen MR) is 67.3 cm³/mol. The fourth-order valence-electron chi connectivity index (χ4n) is 3.21. The van der Waals surface area contributed by atoms with Crippen molar-refractivity contribution in [3.8, 4) is 0 Å². The van der Waals surface area contributed by atoms with Crippen molar-refractivity contribution in [2.75, 3.05) is 6.16 Å². The van der Waals surface area contributed by atoms with Crippen molar-refractivity contribution in [1.82, 2.24) is 5.32 Å². The van der Waals surface area contributed by atoms with Gasteiger partial charge in [0.15, 0.2) is 0 Å². The molecule has 80 valence electrons.